The van der Waals surface area contributed by atoms with Crippen LogP contribution < -0.4 is 4.80 Å². The zero-order valence-corrected chi connectivity index (χ0v) is 15.3. The molecule has 0 atom stereocenters. The summed E-state index contributed by atoms with van der Waals surface area (Å²) in [5.74, 6) is -0.0946. The maximum absolute atomic E-state index is 10.8. The number of phenolic OH excluding ortho intramolecular Hbond substituents is 1. The number of thiazole rings is 1. The predicted octanol–water partition coefficient (Wildman–Crippen LogP) is 3.82. The minimum atomic E-state index is -0.528. The van der Waals surface area contributed by atoms with Gasteiger partial charge in [0.15, 0.2) is 0 Å². The van der Waals surface area contributed by atoms with Crippen LogP contribution in [0.2, 0.25) is 0 Å². The van der Waals surface area contributed by atoms with Crippen LogP contribution in [0.25, 0.3) is 5.69 Å². The first-order valence-electron chi connectivity index (χ1n) is 7.33. The van der Waals surface area contributed by atoms with E-state index < -0.39 is 4.92 Å². The first-order chi connectivity index (χ1) is 12.1. The van der Waals surface area contributed by atoms with Crippen molar-refractivity contribution in [3.8, 4) is 11.4 Å². The SMILES string of the molecule is Cc1cs/c(=N/N=C/c2cc([N+](=O)[O-])ccc2O)n1-c1ccccc1.Cl. The van der Waals surface area contributed by atoms with Gasteiger partial charge in [-0.15, -0.1) is 28.8 Å². The van der Waals surface area contributed by atoms with E-state index in [1.165, 1.54) is 35.8 Å². The standard InChI is InChI=1S/C17H14N4O3S.ClH/c1-12-11-25-17(20(12)14-5-3-2-4-6-14)19-18-10-13-9-15(21(23)24)7-8-16(13)22;/h2-11,22H,1H3;1H/b18-10+,19-17+;. The summed E-state index contributed by atoms with van der Waals surface area (Å²) in [6.45, 7) is 1.97. The maximum atomic E-state index is 10.8. The van der Waals surface area contributed by atoms with Crippen molar-refractivity contribution in [1.82, 2.24) is 4.57 Å². The summed E-state index contributed by atoms with van der Waals surface area (Å²) in [6, 6.07) is 13.5. The molecular weight excluding hydrogens is 376 g/mol. The Labute approximate surface area is 159 Å². The van der Waals surface area contributed by atoms with E-state index in [0.29, 0.717) is 4.80 Å². The van der Waals surface area contributed by atoms with Gasteiger partial charge in [0.1, 0.15) is 5.75 Å². The molecule has 134 valence electrons. The third-order valence-corrected chi connectivity index (χ3v) is 4.39. The monoisotopic (exact) mass is 390 g/mol. The van der Waals surface area contributed by atoms with Crippen molar-refractivity contribution in [2.75, 3.05) is 0 Å². The topological polar surface area (TPSA) is 93.0 Å². The number of nitro benzene ring substituents is 1. The van der Waals surface area contributed by atoms with E-state index >= 15 is 0 Å². The van der Waals surface area contributed by atoms with Gasteiger partial charge in [0.05, 0.1) is 11.1 Å². The number of rotatable bonds is 4. The van der Waals surface area contributed by atoms with Gasteiger partial charge < -0.3 is 5.11 Å². The van der Waals surface area contributed by atoms with E-state index in [2.05, 4.69) is 10.2 Å². The fraction of sp³-hybridized carbons (Fsp3) is 0.0588. The molecule has 0 fully saturated rings. The van der Waals surface area contributed by atoms with Gasteiger partial charge in [-0.1, -0.05) is 18.2 Å². The molecule has 0 aliphatic heterocycles. The lowest BCUT2D eigenvalue weighted by Crippen LogP contribution is -2.13. The molecule has 3 rings (SSSR count). The summed E-state index contributed by atoms with van der Waals surface area (Å²) in [5, 5.41) is 30.7. The van der Waals surface area contributed by atoms with Gasteiger partial charge in [0.25, 0.3) is 5.69 Å². The number of hydrogen-bond donors (Lipinski definition) is 1. The molecule has 0 spiro atoms. The number of para-hydroxylation sites is 1. The van der Waals surface area contributed by atoms with Gasteiger partial charge in [0, 0.05) is 34.5 Å². The number of halogens is 1. The van der Waals surface area contributed by atoms with Crippen LogP contribution in [0.15, 0.2) is 64.1 Å². The van der Waals surface area contributed by atoms with Gasteiger partial charge in [-0.05, 0) is 25.1 Å². The van der Waals surface area contributed by atoms with E-state index in [1.54, 1.807) is 0 Å². The normalized spacial score (nSPS) is 11.5. The molecule has 1 N–H and O–H groups in total. The minimum Gasteiger partial charge on any atom is -0.507 e. The largest absolute Gasteiger partial charge is 0.507 e. The van der Waals surface area contributed by atoms with E-state index in [4.69, 9.17) is 0 Å². The van der Waals surface area contributed by atoms with E-state index in [9.17, 15) is 15.2 Å². The third-order valence-electron chi connectivity index (χ3n) is 3.46. The second kappa shape index (κ2) is 8.41. The highest BCUT2D eigenvalue weighted by Crippen LogP contribution is 2.21. The lowest BCUT2D eigenvalue weighted by Gasteiger charge is -2.04. The number of benzene rings is 2. The molecule has 26 heavy (non-hydrogen) atoms. The Morgan fingerprint density at radius 3 is 2.65 bits per heavy atom. The highest BCUT2D eigenvalue weighted by atomic mass is 35.5. The predicted molar refractivity (Wildman–Crippen MR) is 104 cm³/mol. The Kier molecular flexibility index (Phi) is 6.26. The average molecular weight is 391 g/mol. The van der Waals surface area contributed by atoms with Crippen molar-refractivity contribution in [1.29, 1.82) is 0 Å². The Morgan fingerprint density at radius 2 is 1.96 bits per heavy atom. The van der Waals surface area contributed by atoms with Crippen molar-refractivity contribution in [2.24, 2.45) is 10.2 Å². The van der Waals surface area contributed by atoms with Crippen LogP contribution in [0.3, 0.4) is 0 Å². The van der Waals surface area contributed by atoms with Crippen LogP contribution in [-0.2, 0) is 0 Å². The number of nitro groups is 1. The highest BCUT2D eigenvalue weighted by Gasteiger charge is 2.08. The van der Waals surface area contributed by atoms with Crippen molar-refractivity contribution in [3.63, 3.8) is 0 Å². The highest BCUT2D eigenvalue weighted by molar-refractivity contribution is 7.07. The molecule has 1 aromatic heterocycles. The van der Waals surface area contributed by atoms with Gasteiger partial charge in [-0.3, -0.25) is 14.7 Å². The Bertz CT molecular complexity index is 1010. The van der Waals surface area contributed by atoms with Crippen LogP contribution in [0, 0.1) is 17.0 Å². The van der Waals surface area contributed by atoms with Gasteiger partial charge in [-0.2, -0.15) is 5.10 Å². The number of non-ortho nitro benzene ring substituents is 1. The number of aryl methyl sites for hydroxylation is 1. The summed E-state index contributed by atoms with van der Waals surface area (Å²) in [7, 11) is 0. The fourth-order valence-electron chi connectivity index (χ4n) is 2.25. The van der Waals surface area contributed by atoms with Crippen LogP contribution in [0.1, 0.15) is 11.3 Å². The second-order valence-corrected chi connectivity index (χ2v) is 6.01. The van der Waals surface area contributed by atoms with Crippen LogP contribution in [0.5, 0.6) is 5.75 Å². The van der Waals surface area contributed by atoms with Gasteiger partial charge in [0.2, 0.25) is 4.80 Å². The summed E-state index contributed by atoms with van der Waals surface area (Å²) in [6.07, 6.45) is 1.30. The fourth-order valence-corrected chi connectivity index (χ4v) is 3.08. The second-order valence-electron chi connectivity index (χ2n) is 5.18. The third kappa shape index (κ3) is 4.16. The Morgan fingerprint density at radius 1 is 1.23 bits per heavy atom. The molecule has 0 bridgehead atoms. The summed E-state index contributed by atoms with van der Waals surface area (Å²) in [4.78, 5) is 10.9. The Hall–Kier alpha value is -2.97. The zero-order valence-electron chi connectivity index (χ0n) is 13.6. The molecule has 2 aromatic carbocycles. The number of hydrogen-bond acceptors (Lipinski definition) is 6. The van der Waals surface area contributed by atoms with Gasteiger partial charge >= 0.3 is 0 Å². The van der Waals surface area contributed by atoms with E-state index in [0.717, 1.165) is 11.4 Å². The van der Waals surface area contributed by atoms with E-state index in [-0.39, 0.29) is 29.4 Å². The molecule has 0 aliphatic carbocycles. The lowest BCUT2D eigenvalue weighted by molar-refractivity contribution is -0.384. The molecule has 0 unspecified atom stereocenters. The summed E-state index contributed by atoms with van der Waals surface area (Å²) < 4.78 is 1.95. The maximum Gasteiger partial charge on any atom is 0.270 e. The molecule has 0 aliphatic rings. The quantitative estimate of drug-likeness (QED) is 0.417. The van der Waals surface area contributed by atoms with Crippen LogP contribution in [-0.4, -0.2) is 20.8 Å². The zero-order chi connectivity index (χ0) is 17.8. The van der Waals surface area contributed by atoms with Crippen molar-refractivity contribution in [2.45, 2.75) is 6.92 Å². The molecular formula is C17H15ClN4O3S. The molecule has 0 amide bonds. The molecule has 0 saturated carbocycles. The molecule has 1 heterocycles. The summed E-state index contributed by atoms with van der Waals surface area (Å²) in [5.41, 5.74) is 2.10. The van der Waals surface area contributed by atoms with Gasteiger partial charge in [-0.25, -0.2) is 0 Å². The van der Waals surface area contributed by atoms with Crippen molar-refractivity contribution < 1.29 is 10.0 Å². The Balaban J connectivity index is 0.00000243. The number of nitrogens with zero attached hydrogens (tertiary/aromatic N) is 4. The molecule has 0 radical (unpaired) electrons. The van der Waals surface area contributed by atoms with E-state index in [1.807, 2.05) is 47.2 Å². The lowest BCUT2D eigenvalue weighted by atomic mass is 10.2. The van der Waals surface area contributed by atoms with Crippen molar-refractivity contribution in [3.05, 3.63) is 80.1 Å². The molecule has 7 nitrogen and oxygen atoms in total. The molecule has 9 heteroatoms. The first-order valence-corrected chi connectivity index (χ1v) is 8.21. The minimum absolute atomic E-state index is 0. The van der Waals surface area contributed by atoms with Crippen LogP contribution >= 0.6 is 23.7 Å². The van der Waals surface area contributed by atoms with Crippen LogP contribution in [0.4, 0.5) is 5.69 Å². The average Bonchev–Trinajstić information content (AvgIpc) is 2.97. The first kappa shape index (κ1) is 19.4. The molecule has 3 aromatic rings. The smallest absolute Gasteiger partial charge is 0.270 e. The summed E-state index contributed by atoms with van der Waals surface area (Å²) >= 11 is 1.43. The number of aromatic nitrogens is 1. The number of aromatic hydroxyl groups is 1. The van der Waals surface area contributed by atoms with Crippen molar-refractivity contribution >= 4 is 35.6 Å². The molecule has 0 saturated heterocycles. The number of phenols is 1.